The zero-order valence-electron chi connectivity index (χ0n) is 8.53. The van der Waals surface area contributed by atoms with E-state index in [-0.39, 0.29) is 11.3 Å². The first-order chi connectivity index (χ1) is 7.06. The van der Waals surface area contributed by atoms with Crippen molar-refractivity contribution in [3.63, 3.8) is 0 Å². The number of carbonyl (C=O) groups is 1. The Hall–Kier alpha value is -0.870. The number of hydrogen-bond acceptors (Lipinski definition) is 2. The molecule has 0 spiro atoms. The lowest BCUT2D eigenvalue weighted by atomic mass is 9.95. The first-order valence-corrected chi connectivity index (χ1v) is 5.64. The fourth-order valence-corrected chi connectivity index (χ4v) is 2.12. The average Bonchev–Trinajstić information content (AvgIpc) is 2.99. The third kappa shape index (κ3) is 1.79. The van der Waals surface area contributed by atoms with E-state index in [1.807, 2.05) is 24.3 Å². The van der Waals surface area contributed by atoms with Crippen molar-refractivity contribution < 1.29 is 4.79 Å². The van der Waals surface area contributed by atoms with Crippen LogP contribution in [0.25, 0.3) is 0 Å². The Morgan fingerprint density at radius 2 is 1.93 bits per heavy atom. The van der Waals surface area contributed by atoms with Crippen molar-refractivity contribution >= 4 is 21.8 Å². The molecule has 0 bridgehead atoms. The van der Waals surface area contributed by atoms with Crippen molar-refractivity contribution in [2.75, 3.05) is 7.05 Å². The van der Waals surface area contributed by atoms with Crippen LogP contribution < -0.4 is 5.84 Å². The van der Waals surface area contributed by atoms with Crippen molar-refractivity contribution in [2.24, 2.45) is 5.84 Å². The summed E-state index contributed by atoms with van der Waals surface area (Å²) in [6.07, 6.45) is 1.80. The number of nitrogens with two attached hydrogens (primary N) is 1. The Labute approximate surface area is 97.3 Å². The predicted molar refractivity (Wildman–Crippen MR) is 62.0 cm³/mol. The SMILES string of the molecule is CN(N)C(=O)C1(c2ccc(Br)cc2)CC1. The molecule has 1 aromatic rings. The summed E-state index contributed by atoms with van der Waals surface area (Å²) in [4.78, 5) is 11.9. The number of hydrogen-bond donors (Lipinski definition) is 1. The number of hydrazine groups is 1. The van der Waals surface area contributed by atoms with Gasteiger partial charge in [0.15, 0.2) is 0 Å². The maximum Gasteiger partial charge on any atom is 0.246 e. The molecule has 1 amide bonds. The molecule has 4 heteroatoms. The van der Waals surface area contributed by atoms with Crippen molar-refractivity contribution in [1.82, 2.24) is 5.01 Å². The molecule has 1 aliphatic carbocycles. The minimum absolute atomic E-state index is 0.00447. The van der Waals surface area contributed by atoms with E-state index in [9.17, 15) is 4.79 Å². The Morgan fingerprint density at radius 3 is 2.33 bits per heavy atom. The number of halogens is 1. The number of likely N-dealkylation sites (N-methyl/N-ethyl adjacent to an activating group) is 1. The summed E-state index contributed by atoms with van der Waals surface area (Å²) in [6, 6.07) is 7.88. The predicted octanol–water partition coefficient (Wildman–Crippen LogP) is 1.81. The fourth-order valence-electron chi connectivity index (χ4n) is 1.86. The van der Waals surface area contributed by atoms with Gasteiger partial charge in [-0.1, -0.05) is 28.1 Å². The monoisotopic (exact) mass is 268 g/mol. The lowest BCUT2D eigenvalue weighted by Gasteiger charge is -2.19. The highest BCUT2D eigenvalue weighted by Gasteiger charge is 2.52. The van der Waals surface area contributed by atoms with Crippen LogP contribution in [-0.4, -0.2) is 18.0 Å². The second-order valence-corrected chi connectivity index (χ2v) is 4.92. The molecule has 1 fully saturated rings. The molecule has 0 radical (unpaired) electrons. The first-order valence-electron chi connectivity index (χ1n) is 4.85. The molecule has 1 aromatic carbocycles. The highest BCUT2D eigenvalue weighted by molar-refractivity contribution is 9.10. The normalized spacial score (nSPS) is 17.3. The molecule has 0 heterocycles. The Morgan fingerprint density at radius 1 is 1.40 bits per heavy atom. The maximum absolute atomic E-state index is 11.9. The summed E-state index contributed by atoms with van der Waals surface area (Å²) in [6.45, 7) is 0. The van der Waals surface area contributed by atoms with Gasteiger partial charge in [-0.25, -0.2) is 5.84 Å². The van der Waals surface area contributed by atoms with Crippen LogP contribution in [0.1, 0.15) is 18.4 Å². The molecule has 0 aliphatic heterocycles. The molecule has 15 heavy (non-hydrogen) atoms. The molecule has 0 aromatic heterocycles. The van der Waals surface area contributed by atoms with Gasteiger partial charge in [-0.3, -0.25) is 9.80 Å². The molecular formula is C11H13BrN2O. The molecule has 0 unspecified atom stereocenters. The largest absolute Gasteiger partial charge is 0.283 e. The van der Waals surface area contributed by atoms with Crippen molar-refractivity contribution in [2.45, 2.75) is 18.3 Å². The third-order valence-corrected chi connectivity index (χ3v) is 3.41. The first kappa shape index (κ1) is 10.6. The number of nitrogens with zero attached hydrogens (tertiary/aromatic N) is 1. The average molecular weight is 269 g/mol. The molecule has 2 N–H and O–H groups in total. The van der Waals surface area contributed by atoms with E-state index in [1.54, 1.807) is 7.05 Å². The minimum atomic E-state index is -0.343. The Bertz CT molecular complexity index is 382. The summed E-state index contributed by atoms with van der Waals surface area (Å²) in [5.74, 6) is 5.51. The van der Waals surface area contributed by atoms with E-state index in [1.165, 1.54) is 5.01 Å². The second-order valence-electron chi connectivity index (χ2n) is 4.01. The van der Waals surface area contributed by atoms with Gasteiger partial charge in [-0.2, -0.15) is 0 Å². The molecule has 0 saturated heterocycles. The molecule has 3 nitrogen and oxygen atoms in total. The van der Waals surface area contributed by atoms with Gasteiger partial charge in [0.1, 0.15) is 0 Å². The van der Waals surface area contributed by atoms with E-state index in [0.29, 0.717) is 0 Å². The summed E-state index contributed by atoms with van der Waals surface area (Å²) in [5.41, 5.74) is 0.720. The number of rotatable bonds is 2. The second kappa shape index (κ2) is 3.61. The number of benzene rings is 1. The Kier molecular flexibility index (Phi) is 2.56. The highest BCUT2D eigenvalue weighted by atomic mass is 79.9. The fraction of sp³-hybridized carbons (Fsp3) is 0.364. The van der Waals surface area contributed by atoms with Gasteiger partial charge < -0.3 is 0 Å². The maximum atomic E-state index is 11.9. The smallest absolute Gasteiger partial charge is 0.246 e. The molecule has 1 saturated carbocycles. The van der Waals surface area contributed by atoms with Gasteiger partial charge in [-0.05, 0) is 30.5 Å². The molecular weight excluding hydrogens is 256 g/mol. The van der Waals surface area contributed by atoms with Gasteiger partial charge in [-0.15, -0.1) is 0 Å². The van der Waals surface area contributed by atoms with Crippen LogP contribution in [0.15, 0.2) is 28.7 Å². The quantitative estimate of drug-likeness (QED) is 0.505. The Balaban J connectivity index is 2.30. The highest BCUT2D eigenvalue weighted by Crippen LogP contribution is 2.49. The van der Waals surface area contributed by atoms with E-state index in [4.69, 9.17) is 5.84 Å². The van der Waals surface area contributed by atoms with Crippen molar-refractivity contribution in [3.8, 4) is 0 Å². The van der Waals surface area contributed by atoms with Gasteiger partial charge in [0.25, 0.3) is 0 Å². The molecule has 80 valence electrons. The van der Waals surface area contributed by atoms with Crippen LogP contribution in [0.4, 0.5) is 0 Å². The van der Waals surface area contributed by atoms with Crippen LogP contribution in [0.5, 0.6) is 0 Å². The zero-order chi connectivity index (χ0) is 11.1. The van der Waals surface area contributed by atoms with Crippen molar-refractivity contribution in [1.29, 1.82) is 0 Å². The lowest BCUT2D eigenvalue weighted by Crippen LogP contribution is -2.41. The van der Waals surface area contributed by atoms with Crippen molar-refractivity contribution in [3.05, 3.63) is 34.3 Å². The van der Waals surface area contributed by atoms with E-state index in [0.717, 1.165) is 22.9 Å². The summed E-state index contributed by atoms with van der Waals surface area (Å²) >= 11 is 3.38. The summed E-state index contributed by atoms with van der Waals surface area (Å²) in [7, 11) is 1.60. The van der Waals surface area contributed by atoms with E-state index in [2.05, 4.69) is 15.9 Å². The lowest BCUT2D eigenvalue weighted by molar-refractivity contribution is -0.132. The van der Waals surface area contributed by atoms with E-state index < -0.39 is 0 Å². The molecule has 2 rings (SSSR count). The third-order valence-electron chi connectivity index (χ3n) is 2.88. The number of amides is 1. The molecule has 1 aliphatic rings. The van der Waals surface area contributed by atoms with Gasteiger partial charge >= 0.3 is 0 Å². The summed E-state index contributed by atoms with van der Waals surface area (Å²) in [5, 5.41) is 1.19. The van der Waals surface area contributed by atoms with Gasteiger partial charge in [0, 0.05) is 11.5 Å². The van der Waals surface area contributed by atoms with Crippen LogP contribution in [-0.2, 0) is 10.2 Å². The topological polar surface area (TPSA) is 46.3 Å². The van der Waals surface area contributed by atoms with E-state index >= 15 is 0 Å². The number of carbonyl (C=O) groups excluding carboxylic acids is 1. The standard InChI is InChI=1S/C11H13BrN2O/c1-14(13)10(15)11(6-7-11)8-2-4-9(12)5-3-8/h2-5H,6-7,13H2,1H3. The van der Waals surface area contributed by atoms with Crippen LogP contribution >= 0.6 is 15.9 Å². The zero-order valence-corrected chi connectivity index (χ0v) is 10.1. The molecule has 0 atom stereocenters. The van der Waals surface area contributed by atoms with Crippen LogP contribution in [0.3, 0.4) is 0 Å². The van der Waals surface area contributed by atoms with Gasteiger partial charge in [0.2, 0.25) is 5.91 Å². The van der Waals surface area contributed by atoms with Gasteiger partial charge in [0.05, 0.1) is 5.41 Å². The summed E-state index contributed by atoms with van der Waals surface area (Å²) < 4.78 is 1.02. The van der Waals surface area contributed by atoms with Crippen LogP contribution in [0.2, 0.25) is 0 Å². The minimum Gasteiger partial charge on any atom is -0.283 e. The van der Waals surface area contributed by atoms with Crippen LogP contribution in [0, 0.1) is 0 Å².